The van der Waals surface area contributed by atoms with E-state index < -0.39 is 0 Å². The molecule has 0 unspecified atom stereocenters. The topological polar surface area (TPSA) is 24.9 Å². The summed E-state index contributed by atoms with van der Waals surface area (Å²) in [6.07, 6.45) is 0. The summed E-state index contributed by atoms with van der Waals surface area (Å²) in [5, 5.41) is 5.87. The number of fused-ring (bicyclic) bond motifs is 1. The first-order valence-corrected chi connectivity index (χ1v) is 8.55. The fourth-order valence-electron chi connectivity index (χ4n) is 3.11. The largest absolute Gasteiger partial charge is 0.365 e. The van der Waals surface area contributed by atoms with E-state index >= 15 is 0 Å². The van der Waals surface area contributed by atoms with Crippen molar-refractivity contribution >= 4 is 16.6 Å². The summed E-state index contributed by atoms with van der Waals surface area (Å²) in [6.45, 7) is 2.89. The molecular formula is C23H20N2. The molecule has 0 radical (unpaired) electrons. The van der Waals surface area contributed by atoms with Gasteiger partial charge in [0.1, 0.15) is 5.82 Å². The van der Waals surface area contributed by atoms with E-state index in [1.165, 1.54) is 22.1 Å². The predicted octanol–water partition coefficient (Wildman–Crippen LogP) is 5.82. The van der Waals surface area contributed by atoms with Crippen LogP contribution in [0.15, 0.2) is 84.9 Å². The third kappa shape index (κ3) is 3.24. The molecule has 1 heterocycles. The first-order chi connectivity index (χ1) is 12.3. The van der Waals surface area contributed by atoms with Gasteiger partial charge in [0.15, 0.2) is 0 Å². The molecule has 2 nitrogen and oxygen atoms in total. The summed E-state index contributed by atoms with van der Waals surface area (Å²) in [4.78, 5) is 4.94. The highest BCUT2D eigenvalue weighted by Crippen LogP contribution is 2.29. The van der Waals surface area contributed by atoms with Crippen LogP contribution < -0.4 is 5.32 Å². The van der Waals surface area contributed by atoms with Crippen LogP contribution in [0.2, 0.25) is 0 Å². The van der Waals surface area contributed by atoms with E-state index in [4.69, 9.17) is 4.98 Å². The average Bonchev–Trinajstić information content (AvgIpc) is 2.67. The minimum Gasteiger partial charge on any atom is -0.365 e. The van der Waals surface area contributed by atoms with Crippen molar-refractivity contribution in [1.29, 1.82) is 0 Å². The van der Waals surface area contributed by atoms with Crippen LogP contribution in [0.5, 0.6) is 0 Å². The Morgan fingerprint density at radius 3 is 2.36 bits per heavy atom. The van der Waals surface area contributed by atoms with Crippen LogP contribution in [0.1, 0.15) is 11.1 Å². The number of aromatic nitrogens is 1. The first kappa shape index (κ1) is 15.4. The molecule has 0 atom stereocenters. The highest BCUT2D eigenvalue weighted by Gasteiger charge is 2.09. The zero-order valence-corrected chi connectivity index (χ0v) is 14.2. The van der Waals surface area contributed by atoms with Crippen LogP contribution in [0.3, 0.4) is 0 Å². The standard InChI is InChI=1S/C23H20N2/c1-17-9-5-7-13-20(17)22-15-19-12-6-8-14-21(19)23(25-22)24-16-18-10-3-2-4-11-18/h2-15H,16H2,1H3,(H,24,25). The van der Waals surface area contributed by atoms with Gasteiger partial charge in [0.25, 0.3) is 0 Å². The third-order valence-corrected chi connectivity index (χ3v) is 4.46. The third-order valence-electron chi connectivity index (χ3n) is 4.46. The zero-order valence-electron chi connectivity index (χ0n) is 14.2. The van der Waals surface area contributed by atoms with Gasteiger partial charge in [-0.1, -0.05) is 78.9 Å². The zero-order chi connectivity index (χ0) is 17.1. The SMILES string of the molecule is Cc1ccccc1-c1cc2ccccc2c(NCc2ccccc2)n1. The van der Waals surface area contributed by atoms with E-state index in [1.807, 2.05) is 6.07 Å². The minimum atomic E-state index is 0.759. The fourth-order valence-corrected chi connectivity index (χ4v) is 3.11. The normalized spacial score (nSPS) is 10.8. The second-order valence-electron chi connectivity index (χ2n) is 6.23. The fraction of sp³-hybridized carbons (Fsp3) is 0.0870. The number of benzene rings is 3. The summed E-state index contributed by atoms with van der Waals surface area (Å²) >= 11 is 0. The highest BCUT2D eigenvalue weighted by molar-refractivity contribution is 5.94. The van der Waals surface area contributed by atoms with Crippen molar-refractivity contribution < 1.29 is 0 Å². The number of anilines is 1. The van der Waals surface area contributed by atoms with Crippen molar-refractivity contribution in [2.45, 2.75) is 13.5 Å². The average molecular weight is 324 g/mol. The highest BCUT2D eigenvalue weighted by atomic mass is 15.0. The van der Waals surface area contributed by atoms with Gasteiger partial charge in [-0.25, -0.2) is 4.98 Å². The maximum Gasteiger partial charge on any atom is 0.134 e. The molecule has 0 spiro atoms. The Kier molecular flexibility index (Phi) is 4.17. The molecule has 3 aromatic carbocycles. The van der Waals surface area contributed by atoms with Crippen LogP contribution >= 0.6 is 0 Å². The van der Waals surface area contributed by atoms with Crippen LogP contribution in [0.4, 0.5) is 5.82 Å². The maximum atomic E-state index is 4.94. The van der Waals surface area contributed by atoms with Gasteiger partial charge in [0, 0.05) is 17.5 Å². The van der Waals surface area contributed by atoms with Crippen molar-refractivity contribution in [3.8, 4) is 11.3 Å². The molecule has 1 N–H and O–H groups in total. The molecule has 0 saturated heterocycles. The lowest BCUT2D eigenvalue weighted by Gasteiger charge is -2.13. The summed E-state index contributed by atoms with van der Waals surface area (Å²) < 4.78 is 0. The number of aryl methyl sites for hydroxylation is 1. The number of nitrogens with one attached hydrogen (secondary N) is 1. The van der Waals surface area contributed by atoms with Crippen molar-refractivity contribution in [1.82, 2.24) is 4.98 Å². The van der Waals surface area contributed by atoms with Gasteiger partial charge in [-0.05, 0) is 29.5 Å². The van der Waals surface area contributed by atoms with Gasteiger partial charge in [-0.15, -0.1) is 0 Å². The Labute approximate surface area is 148 Å². The molecule has 4 aromatic rings. The molecule has 0 aliphatic heterocycles. The maximum absolute atomic E-state index is 4.94. The summed E-state index contributed by atoms with van der Waals surface area (Å²) in [6, 6.07) is 29.4. The molecule has 2 heteroatoms. The number of nitrogens with zero attached hydrogens (tertiary/aromatic N) is 1. The molecule has 0 fully saturated rings. The molecule has 0 aliphatic rings. The number of rotatable bonds is 4. The summed E-state index contributed by atoms with van der Waals surface area (Å²) in [7, 11) is 0. The monoisotopic (exact) mass is 324 g/mol. The summed E-state index contributed by atoms with van der Waals surface area (Å²) in [5.74, 6) is 0.931. The van der Waals surface area contributed by atoms with Crippen LogP contribution in [0.25, 0.3) is 22.0 Å². The van der Waals surface area contributed by atoms with E-state index in [0.29, 0.717) is 0 Å². The van der Waals surface area contributed by atoms with Gasteiger partial charge < -0.3 is 5.32 Å². The molecule has 25 heavy (non-hydrogen) atoms. The first-order valence-electron chi connectivity index (χ1n) is 8.55. The lowest BCUT2D eigenvalue weighted by molar-refractivity contribution is 1.12. The van der Waals surface area contributed by atoms with Crippen molar-refractivity contribution in [2.24, 2.45) is 0 Å². The van der Waals surface area contributed by atoms with Gasteiger partial charge >= 0.3 is 0 Å². The molecule has 4 rings (SSSR count). The molecule has 0 aliphatic carbocycles. The van der Waals surface area contributed by atoms with Gasteiger partial charge in [-0.3, -0.25) is 0 Å². The molecule has 1 aromatic heterocycles. The Morgan fingerprint density at radius 2 is 1.52 bits per heavy atom. The number of hydrogen-bond donors (Lipinski definition) is 1. The summed E-state index contributed by atoms with van der Waals surface area (Å²) in [5.41, 5.74) is 4.66. The van der Waals surface area contributed by atoms with E-state index in [2.05, 4.69) is 91.1 Å². The van der Waals surface area contributed by atoms with Gasteiger partial charge in [0.05, 0.1) is 5.69 Å². The van der Waals surface area contributed by atoms with Gasteiger partial charge in [0.2, 0.25) is 0 Å². The van der Waals surface area contributed by atoms with E-state index in [-0.39, 0.29) is 0 Å². The predicted molar refractivity (Wildman–Crippen MR) is 106 cm³/mol. The molecule has 0 bridgehead atoms. The molecule has 0 amide bonds. The molecular weight excluding hydrogens is 304 g/mol. The van der Waals surface area contributed by atoms with E-state index in [1.54, 1.807) is 0 Å². The number of hydrogen-bond acceptors (Lipinski definition) is 2. The minimum absolute atomic E-state index is 0.759. The Balaban J connectivity index is 1.78. The van der Waals surface area contributed by atoms with Crippen molar-refractivity contribution in [2.75, 3.05) is 5.32 Å². The number of pyridine rings is 1. The van der Waals surface area contributed by atoms with Crippen LogP contribution in [0, 0.1) is 6.92 Å². The molecule has 0 saturated carbocycles. The van der Waals surface area contributed by atoms with Crippen LogP contribution in [-0.4, -0.2) is 4.98 Å². The lowest BCUT2D eigenvalue weighted by Crippen LogP contribution is -2.03. The van der Waals surface area contributed by atoms with Gasteiger partial charge in [-0.2, -0.15) is 0 Å². The van der Waals surface area contributed by atoms with Crippen LogP contribution in [-0.2, 0) is 6.54 Å². The Morgan fingerprint density at radius 1 is 0.800 bits per heavy atom. The second-order valence-corrected chi connectivity index (χ2v) is 6.23. The Bertz CT molecular complexity index is 1010. The lowest BCUT2D eigenvalue weighted by atomic mass is 10.0. The van der Waals surface area contributed by atoms with E-state index in [9.17, 15) is 0 Å². The molecule has 122 valence electrons. The van der Waals surface area contributed by atoms with E-state index in [0.717, 1.165) is 23.4 Å². The van der Waals surface area contributed by atoms with Crippen molar-refractivity contribution in [3.05, 3.63) is 96.1 Å². The Hall–Kier alpha value is -3.13. The van der Waals surface area contributed by atoms with Crippen molar-refractivity contribution in [3.63, 3.8) is 0 Å². The second kappa shape index (κ2) is 6.78. The quantitative estimate of drug-likeness (QED) is 0.511. The smallest absolute Gasteiger partial charge is 0.134 e.